The van der Waals surface area contributed by atoms with Gasteiger partial charge in [-0.1, -0.05) is 36.4 Å². The van der Waals surface area contributed by atoms with Gasteiger partial charge < -0.3 is 15.8 Å². The highest BCUT2D eigenvalue weighted by molar-refractivity contribution is 7.86. The average Bonchev–Trinajstić information content (AvgIpc) is 2.28. The van der Waals surface area contributed by atoms with E-state index < -0.39 is 20.8 Å². The molecule has 2 aromatic carbocycles. The summed E-state index contributed by atoms with van der Waals surface area (Å²) in [5.74, 6) is -0.512. The third kappa shape index (κ3) is 2.93. The molecule has 6 heteroatoms. The smallest absolute Gasteiger partial charge is 0.133 e. The van der Waals surface area contributed by atoms with Crippen molar-refractivity contribution < 1.29 is 18.1 Å². The van der Waals surface area contributed by atoms with Crippen molar-refractivity contribution in [3.63, 3.8) is 0 Å². The average molecular weight is 281 g/mol. The first-order valence-electron chi connectivity index (χ1n) is 5.25. The summed E-state index contributed by atoms with van der Waals surface area (Å²) in [7, 11) is -4.69. The molecule has 0 amide bonds. The molecule has 0 aliphatic heterocycles. The van der Waals surface area contributed by atoms with E-state index in [0.717, 1.165) is 5.56 Å². The molecule has 0 fully saturated rings. The monoisotopic (exact) mass is 281 g/mol. The Morgan fingerprint density at radius 1 is 1.05 bits per heavy atom. The fourth-order valence-corrected chi connectivity index (χ4v) is 2.73. The second-order valence-corrected chi connectivity index (χ2v) is 5.22. The second kappa shape index (κ2) is 5.40. The lowest BCUT2D eigenvalue weighted by molar-refractivity contribution is 0.434. The Hall–Kier alpha value is -1.89. The van der Waals surface area contributed by atoms with Gasteiger partial charge in [-0.05, 0) is 29.7 Å². The topological polar surface area (TPSA) is 114 Å². The van der Waals surface area contributed by atoms with Crippen LogP contribution < -0.4 is 6.15 Å². The van der Waals surface area contributed by atoms with Gasteiger partial charge in [-0.2, -0.15) is 0 Å². The Bertz CT molecular complexity index is 681. The maximum Gasteiger partial charge on any atom is 0.133 e. The third-order valence-electron chi connectivity index (χ3n) is 2.72. The van der Waals surface area contributed by atoms with E-state index in [4.69, 9.17) is 0 Å². The van der Waals surface area contributed by atoms with E-state index in [0.29, 0.717) is 5.56 Å². The summed E-state index contributed by atoms with van der Waals surface area (Å²) in [4.78, 5) is -0.552. The van der Waals surface area contributed by atoms with Gasteiger partial charge in [-0.15, -0.1) is 0 Å². The van der Waals surface area contributed by atoms with Gasteiger partial charge in [0.1, 0.15) is 15.9 Å². The van der Waals surface area contributed by atoms with Crippen molar-refractivity contribution >= 4 is 10.1 Å². The van der Waals surface area contributed by atoms with Gasteiger partial charge >= 0.3 is 0 Å². The molecule has 0 saturated heterocycles. The molecule has 2 aromatic rings. The molecular formula is C13H15NO4S. The summed E-state index contributed by atoms with van der Waals surface area (Å²) in [6, 6.07) is 11.9. The van der Waals surface area contributed by atoms with Crippen LogP contribution in [0, 0.1) is 6.92 Å². The number of hydrogen-bond acceptors (Lipinski definition) is 4. The predicted octanol–water partition coefficient (Wildman–Crippen LogP) is 2.65. The normalized spacial score (nSPS) is 10.8. The SMILES string of the molecule is Cc1c(-c2ccccc2)ccc(O)c1S(=O)(=O)[O-].[NH4+]. The summed E-state index contributed by atoms with van der Waals surface area (Å²) in [5.41, 5.74) is 1.67. The Morgan fingerprint density at radius 3 is 2.16 bits per heavy atom. The standard InChI is InChI=1S/C13H12O4S.H3N/c1-9-11(10-5-3-2-4-6-10)7-8-12(14)13(9)18(15,16)17;/h2-8,14H,1H3,(H,15,16,17);1H3. The van der Waals surface area contributed by atoms with Gasteiger partial charge in [0, 0.05) is 0 Å². The van der Waals surface area contributed by atoms with Crippen LogP contribution in [0.1, 0.15) is 5.56 Å². The van der Waals surface area contributed by atoms with E-state index in [1.54, 1.807) is 18.2 Å². The number of quaternary nitrogens is 1. The highest BCUT2D eigenvalue weighted by Crippen LogP contribution is 2.33. The summed E-state index contributed by atoms with van der Waals surface area (Å²) in [6.07, 6.45) is 0. The summed E-state index contributed by atoms with van der Waals surface area (Å²) < 4.78 is 33.4. The molecule has 0 aliphatic carbocycles. The zero-order valence-corrected chi connectivity index (χ0v) is 11.4. The fraction of sp³-hybridized carbons (Fsp3) is 0.0769. The molecule has 0 spiro atoms. The summed E-state index contributed by atoms with van der Waals surface area (Å²) in [5, 5.41) is 9.52. The molecule has 0 heterocycles. The van der Waals surface area contributed by atoms with Gasteiger partial charge in [0.25, 0.3) is 0 Å². The molecule has 2 rings (SSSR count). The van der Waals surface area contributed by atoms with E-state index in [1.165, 1.54) is 13.0 Å². The van der Waals surface area contributed by atoms with Crippen molar-refractivity contribution in [1.29, 1.82) is 0 Å². The highest BCUT2D eigenvalue weighted by Gasteiger charge is 2.15. The van der Waals surface area contributed by atoms with Crippen LogP contribution in [0.4, 0.5) is 0 Å². The maximum atomic E-state index is 11.1. The zero-order valence-electron chi connectivity index (χ0n) is 10.6. The molecule has 5 N–H and O–H groups in total. The first-order chi connectivity index (χ1) is 8.41. The lowest BCUT2D eigenvalue weighted by atomic mass is 10.0. The van der Waals surface area contributed by atoms with Crippen LogP contribution in [0.5, 0.6) is 5.75 Å². The van der Waals surface area contributed by atoms with E-state index in [2.05, 4.69) is 0 Å². The molecule has 0 atom stereocenters. The van der Waals surface area contributed by atoms with E-state index in [-0.39, 0.29) is 11.7 Å². The van der Waals surface area contributed by atoms with E-state index in [9.17, 15) is 18.1 Å². The number of hydrogen-bond donors (Lipinski definition) is 2. The van der Waals surface area contributed by atoms with Gasteiger partial charge in [0.2, 0.25) is 0 Å². The molecule has 19 heavy (non-hydrogen) atoms. The van der Waals surface area contributed by atoms with Crippen molar-refractivity contribution in [3.8, 4) is 16.9 Å². The molecule has 5 nitrogen and oxygen atoms in total. The molecule has 102 valence electrons. The Balaban J connectivity index is 0.00000180. The van der Waals surface area contributed by atoms with Gasteiger partial charge in [0.05, 0.1) is 4.90 Å². The molecule has 0 radical (unpaired) electrons. The minimum absolute atomic E-state index is 0. The minimum Gasteiger partial charge on any atom is -0.744 e. The van der Waals surface area contributed by atoms with Crippen LogP contribution in [0.2, 0.25) is 0 Å². The fourth-order valence-electron chi connectivity index (χ4n) is 1.92. The number of phenolic OH excluding ortho intramolecular Hbond substituents is 1. The van der Waals surface area contributed by atoms with Crippen LogP contribution >= 0.6 is 0 Å². The first kappa shape index (κ1) is 15.2. The highest BCUT2D eigenvalue weighted by atomic mass is 32.2. The lowest BCUT2D eigenvalue weighted by Crippen LogP contribution is -2.03. The number of benzene rings is 2. The van der Waals surface area contributed by atoms with Crippen molar-refractivity contribution in [3.05, 3.63) is 48.0 Å². The zero-order chi connectivity index (χ0) is 13.3. The number of rotatable bonds is 2. The Labute approximate surface area is 111 Å². The minimum atomic E-state index is -4.69. The van der Waals surface area contributed by atoms with E-state index in [1.807, 2.05) is 18.2 Å². The molecule has 0 saturated carbocycles. The Kier molecular flexibility index (Phi) is 4.31. The van der Waals surface area contributed by atoms with Crippen molar-refractivity contribution in [2.75, 3.05) is 0 Å². The number of aromatic hydroxyl groups is 1. The predicted molar refractivity (Wildman–Crippen MR) is 72.2 cm³/mol. The molecular weight excluding hydrogens is 266 g/mol. The van der Waals surface area contributed by atoms with E-state index >= 15 is 0 Å². The lowest BCUT2D eigenvalue weighted by Gasteiger charge is -2.15. The third-order valence-corrected chi connectivity index (χ3v) is 3.74. The maximum absolute atomic E-state index is 11.1. The van der Waals surface area contributed by atoms with Crippen LogP contribution in [-0.2, 0) is 10.1 Å². The van der Waals surface area contributed by atoms with Crippen molar-refractivity contribution in [1.82, 2.24) is 6.15 Å². The van der Waals surface area contributed by atoms with Crippen LogP contribution in [0.3, 0.4) is 0 Å². The molecule has 0 aliphatic rings. The van der Waals surface area contributed by atoms with Crippen LogP contribution in [0.25, 0.3) is 11.1 Å². The molecule has 0 aromatic heterocycles. The second-order valence-electron chi connectivity index (χ2n) is 3.91. The van der Waals surface area contributed by atoms with Gasteiger partial charge in [-0.25, -0.2) is 8.42 Å². The van der Waals surface area contributed by atoms with Crippen molar-refractivity contribution in [2.24, 2.45) is 0 Å². The summed E-state index contributed by atoms with van der Waals surface area (Å²) >= 11 is 0. The van der Waals surface area contributed by atoms with Crippen molar-refractivity contribution in [2.45, 2.75) is 11.8 Å². The van der Waals surface area contributed by atoms with Crippen LogP contribution in [-0.4, -0.2) is 18.1 Å². The summed E-state index contributed by atoms with van der Waals surface area (Å²) in [6.45, 7) is 1.51. The quantitative estimate of drug-likeness (QED) is 0.823. The van der Waals surface area contributed by atoms with Gasteiger partial charge in [-0.3, -0.25) is 0 Å². The largest absolute Gasteiger partial charge is 0.744 e. The Morgan fingerprint density at radius 2 is 1.63 bits per heavy atom. The molecule has 0 unspecified atom stereocenters. The number of phenols is 1. The van der Waals surface area contributed by atoms with Gasteiger partial charge in [0.15, 0.2) is 0 Å². The molecule has 0 bridgehead atoms. The van der Waals surface area contributed by atoms with Crippen LogP contribution in [0.15, 0.2) is 47.4 Å². The first-order valence-corrected chi connectivity index (χ1v) is 6.66.